The summed E-state index contributed by atoms with van der Waals surface area (Å²) in [4.78, 5) is 27.7. The van der Waals surface area contributed by atoms with Crippen LogP contribution in [0.15, 0.2) is 77.7 Å². The van der Waals surface area contributed by atoms with Gasteiger partial charge in [0.1, 0.15) is 18.4 Å². The van der Waals surface area contributed by atoms with E-state index in [1.165, 1.54) is 55.5 Å². The average Bonchev–Trinajstić information content (AvgIpc) is 2.93. The van der Waals surface area contributed by atoms with Crippen LogP contribution in [-0.2, 0) is 32.3 Å². The van der Waals surface area contributed by atoms with Crippen LogP contribution in [0, 0.1) is 18.7 Å². The summed E-state index contributed by atoms with van der Waals surface area (Å²) in [6.07, 6.45) is -4.77. The number of nitrogens with zero attached hydrogens (tertiary/aromatic N) is 2. The third-order valence-electron chi connectivity index (χ3n) is 6.47. The number of halogens is 4. The zero-order chi connectivity index (χ0) is 31.2. The van der Waals surface area contributed by atoms with E-state index in [1.807, 2.05) is 13.8 Å². The predicted molar refractivity (Wildman–Crippen MR) is 151 cm³/mol. The summed E-state index contributed by atoms with van der Waals surface area (Å²) in [7, 11) is -4.54. The molecule has 7 nitrogen and oxygen atoms in total. The third kappa shape index (κ3) is 8.31. The molecule has 0 saturated carbocycles. The van der Waals surface area contributed by atoms with E-state index in [9.17, 15) is 35.6 Å². The number of hydrogen-bond donors (Lipinski definition) is 1. The Kier molecular flexibility index (Phi) is 10.4. The number of hydrogen-bond acceptors (Lipinski definition) is 4. The molecule has 0 heterocycles. The van der Waals surface area contributed by atoms with Crippen LogP contribution in [0.25, 0.3) is 0 Å². The Hall–Kier alpha value is -3.93. The van der Waals surface area contributed by atoms with Crippen molar-refractivity contribution in [3.63, 3.8) is 0 Å². The van der Waals surface area contributed by atoms with Crippen LogP contribution in [-0.4, -0.2) is 44.3 Å². The molecule has 1 N–H and O–H groups in total. The topological polar surface area (TPSA) is 86.8 Å². The van der Waals surface area contributed by atoms with Gasteiger partial charge in [-0.15, -0.1) is 0 Å². The van der Waals surface area contributed by atoms with Crippen molar-refractivity contribution in [3.8, 4) is 0 Å². The summed E-state index contributed by atoms with van der Waals surface area (Å²) < 4.78 is 82.4. The molecule has 0 radical (unpaired) electrons. The van der Waals surface area contributed by atoms with Crippen molar-refractivity contribution in [2.75, 3.05) is 17.4 Å². The summed E-state index contributed by atoms with van der Waals surface area (Å²) in [5, 5.41) is 2.73. The Morgan fingerprint density at radius 2 is 1.55 bits per heavy atom. The molecule has 0 aliphatic carbocycles. The molecule has 0 fully saturated rings. The summed E-state index contributed by atoms with van der Waals surface area (Å²) in [5.41, 5.74) is -0.263. The summed E-state index contributed by atoms with van der Waals surface area (Å²) in [6.45, 7) is 6.20. The lowest BCUT2D eigenvalue weighted by Gasteiger charge is -2.32. The molecule has 226 valence electrons. The molecule has 0 spiro atoms. The van der Waals surface area contributed by atoms with Gasteiger partial charge in [-0.1, -0.05) is 49.7 Å². The number of amides is 2. The fourth-order valence-electron chi connectivity index (χ4n) is 4.03. The minimum Gasteiger partial charge on any atom is -0.354 e. The van der Waals surface area contributed by atoms with Crippen molar-refractivity contribution in [2.45, 2.75) is 51.4 Å². The number of carbonyl (C=O) groups excluding carboxylic acids is 2. The van der Waals surface area contributed by atoms with Crippen molar-refractivity contribution in [1.29, 1.82) is 0 Å². The lowest BCUT2D eigenvalue weighted by atomic mass is 10.1. The Morgan fingerprint density at radius 3 is 2.12 bits per heavy atom. The zero-order valence-electron chi connectivity index (χ0n) is 23.7. The monoisotopic (exact) mass is 607 g/mol. The number of carbonyl (C=O) groups is 2. The number of rotatable bonds is 11. The molecule has 12 heteroatoms. The fourth-order valence-corrected chi connectivity index (χ4v) is 5.43. The lowest BCUT2D eigenvalue weighted by Crippen LogP contribution is -2.51. The van der Waals surface area contributed by atoms with E-state index in [1.54, 1.807) is 6.92 Å². The number of alkyl halides is 3. The fraction of sp³-hybridized carbons (Fsp3) is 0.333. The van der Waals surface area contributed by atoms with Crippen LogP contribution in [0.3, 0.4) is 0 Å². The van der Waals surface area contributed by atoms with E-state index in [4.69, 9.17) is 0 Å². The highest BCUT2D eigenvalue weighted by Gasteiger charge is 2.35. The molecule has 1 atom stereocenters. The van der Waals surface area contributed by atoms with E-state index in [-0.39, 0.29) is 23.0 Å². The number of benzene rings is 3. The Morgan fingerprint density at radius 1 is 0.929 bits per heavy atom. The largest absolute Gasteiger partial charge is 0.416 e. The first-order chi connectivity index (χ1) is 19.6. The highest BCUT2D eigenvalue weighted by Crippen LogP contribution is 2.33. The first-order valence-corrected chi connectivity index (χ1v) is 14.6. The minimum atomic E-state index is -4.77. The zero-order valence-corrected chi connectivity index (χ0v) is 24.5. The van der Waals surface area contributed by atoms with E-state index in [2.05, 4.69) is 5.32 Å². The number of nitrogens with one attached hydrogen (secondary N) is 1. The van der Waals surface area contributed by atoms with Crippen molar-refractivity contribution in [3.05, 3.63) is 95.3 Å². The second-order valence-electron chi connectivity index (χ2n) is 10.3. The maximum atomic E-state index is 13.8. The van der Waals surface area contributed by atoms with Crippen molar-refractivity contribution in [2.24, 2.45) is 5.92 Å². The van der Waals surface area contributed by atoms with Gasteiger partial charge in [0.05, 0.1) is 16.1 Å². The lowest BCUT2D eigenvalue weighted by molar-refractivity contribution is -0.139. The van der Waals surface area contributed by atoms with Crippen LogP contribution in [0.2, 0.25) is 0 Å². The molecule has 0 bridgehead atoms. The maximum Gasteiger partial charge on any atom is 0.416 e. The Bertz CT molecular complexity index is 1490. The van der Waals surface area contributed by atoms with Gasteiger partial charge in [0.2, 0.25) is 11.8 Å². The highest BCUT2D eigenvalue weighted by atomic mass is 32.2. The molecule has 0 aliphatic heterocycles. The smallest absolute Gasteiger partial charge is 0.354 e. The number of aryl methyl sites for hydroxylation is 1. The van der Waals surface area contributed by atoms with Gasteiger partial charge in [-0.05, 0) is 67.8 Å². The Labute approximate surface area is 243 Å². The van der Waals surface area contributed by atoms with E-state index >= 15 is 0 Å². The van der Waals surface area contributed by atoms with Gasteiger partial charge in [0.25, 0.3) is 10.0 Å². The first kappa shape index (κ1) is 32.6. The van der Waals surface area contributed by atoms with Gasteiger partial charge in [0, 0.05) is 13.1 Å². The SMILES string of the molecule is Cc1ccc(S(=O)(=O)N(CC(=O)N(Cc2ccc(F)cc2)[C@@H](C)C(=O)NCC(C)C)c2cccc(C(F)(F)F)c2)cc1. The molecule has 2 amide bonds. The van der Waals surface area contributed by atoms with Gasteiger partial charge in [-0.3, -0.25) is 13.9 Å². The molecule has 0 saturated heterocycles. The first-order valence-electron chi connectivity index (χ1n) is 13.2. The van der Waals surface area contributed by atoms with Crippen LogP contribution < -0.4 is 9.62 Å². The van der Waals surface area contributed by atoms with Crippen molar-refractivity contribution >= 4 is 27.5 Å². The summed E-state index contributed by atoms with van der Waals surface area (Å²) in [5.74, 6) is -1.76. The van der Waals surface area contributed by atoms with Crippen LogP contribution >= 0.6 is 0 Å². The normalized spacial score (nSPS) is 12.6. The summed E-state index contributed by atoms with van der Waals surface area (Å²) in [6, 6.07) is 13.4. The van der Waals surface area contributed by atoms with Crippen molar-refractivity contribution < 1.29 is 35.6 Å². The minimum absolute atomic E-state index is 0.110. The van der Waals surface area contributed by atoms with E-state index in [0.29, 0.717) is 22.5 Å². The van der Waals surface area contributed by atoms with Crippen LogP contribution in [0.1, 0.15) is 37.5 Å². The van der Waals surface area contributed by atoms with Gasteiger partial charge < -0.3 is 10.2 Å². The van der Waals surface area contributed by atoms with E-state index < -0.39 is 52.0 Å². The van der Waals surface area contributed by atoms with Crippen molar-refractivity contribution in [1.82, 2.24) is 10.2 Å². The van der Waals surface area contributed by atoms with Crippen LogP contribution in [0.5, 0.6) is 0 Å². The van der Waals surface area contributed by atoms with Gasteiger partial charge in [-0.2, -0.15) is 13.2 Å². The third-order valence-corrected chi connectivity index (χ3v) is 8.26. The second-order valence-corrected chi connectivity index (χ2v) is 12.2. The molecule has 3 aromatic carbocycles. The molecular weight excluding hydrogens is 574 g/mol. The predicted octanol–water partition coefficient (Wildman–Crippen LogP) is 5.54. The molecule has 0 aromatic heterocycles. The standard InChI is InChI=1S/C30H33F4N3O4S/c1-20(2)17-35-29(39)22(4)36(18-23-10-12-25(31)13-11-23)28(38)19-37(26-7-5-6-24(16-26)30(32,33)34)42(40,41)27-14-8-21(3)9-15-27/h5-16,20,22H,17-19H2,1-4H3,(H,35,39)/t22-/m0/s1. The second kappa shape index (κ2) is 13.4. The van der Waals surface area contributed by atoms with E-state index in [0.717, 1.165) is 28.7 Å². The number of sulfonamides is 1. The average molecular weight is 608 g/mol. The Balaban J connectivity index is 2.07. The maximum absolute atomic E-state index is 13.8. The molecular formula is C30H33F4N3O4S. The molecule has 3 rings (SSSR count). The quantitative estimate of drug-likeness (QED) is 0.290. The van der Waals surface area contributed by atoms with Gasteiger partial charge in [-0.25, -0.2) is 12.8 Å². The molecule has 42 heavy (non-hydrogen) atoms. The van der Waals surface area contributed by atoms with Gasteiger partial charge >= 0.3 is 6.18 Å². The number of anilines is 1. The molecule has 0 unspecified atom stereocenters. The molecule has 3 aromatic rings. The molecule has 0 aliphatic rings. The van der Waals surface area contributed by atoms with Crippen LogP contribution in [0.4, 0.5) is 23.2 Å². The summed E-state index contributed by atoms with van der Waals surface area (Å²) >= 11 is 0. The van der Waals surface area contributed by atoms with Gasteiger partial charge in [0.15, 0.2) is 0 Å². The highest BCUT2D eigenvalue weighted by molar-refractivity contribution is 7.92.